The van der Waals surface area contributed by atoms with E-state index in [0.29, 0.717) is 0 Å². The van der Waals surface area contributed by atoms with Crippen molar-refractivity contribution < 1.29 is 0 Å². The van der Waals surface area contributed by atoms with E-state index < -0.39 is 0 Å². The highest BCUT2D eigenvalue weighted by atomic mass is 15.2. The molecule has 0 aromatic heterocycles. The number of rotatable bonds is 14. The molecule has 19 aromatic carbocycles. The van der Waals surface area contributed by atoms with Crippen LogP contribution in [0.2, 0.25) is 0 Å². The molecule has 494 valence electrons. The Labute approximate surface area is 612 Å². The van der Waals surface area contributed by atoms with E-state index in [-0.39, 0.29) is 0 Å². The Hall–Kier alpha value is -13.9. The van der Waals surface area contributed by atoms with Crippen LogP contribution in [0.1, 0.15) is 0 Å². The summed E-state index contributed by atoms with van der Waals surface area (Å²) < 4.78 is 0. The van der Waals surface area contributed by atoms with Gasteiger partial charge in [-0.25, -0.2) is 0 Å². The first-order chi connectivity index (χ1) is 52.1. The number of para-hydroxylation sites is 6. The molecule has 0 aliphatic rings. The van der Waals surface area contributed by atoms with Gasteiger partial charge in [-0.3, -0.25) is 0 Å². The molecule has 0 aliphatic heterocycles. The van der Waals surface area contributed by atoms with Crippen molar-refractivity contribution in [2.45, 2.75) is 0 Å². The number of hydrogen-bond acceptors (Lipinski definition) is 3. The van der Waals surface area contributed by atoms with Crippen molar-refractivity contribution in [1.29, 1.82) is 0 Å². The van der Waals surface area contributed by atoms with E-state index in [2.05, 4.69) is 445 Å². The van der Waals surface area contributed by atoms with E-state index >= 15 is 0 Å². The Morgan fingerprint density at radius 1 is 0.0952 bits per heavy atom. The molecule has 0 N–H and O–H groups in total. The first kappa shape index (κ1) is 63.3. The lowest BCUT2D eigenvalue weighted by Crippen LogP contribution is -2.13. The van der Waals surface area contributed by atoms with Crippen molar-refractivity contribution >= 4 is 116 Å². The zero-order valence-corrected chi connectivity index (χ0v) is 57.8. The SMILES string of the molecule is c1ccc(-c2cc(-c3ccccc3)cc(-c3cc(-c4ccc5c6ccccc6c6ccccc6c5c4)cc(N(c4ccccc4)c4ccccc4)c3)c2)cc1.c1ccc(N(c2ccccc2)c2cc(-c3ccc4c5ccccc5c5ccccc5c4c3)cc(N(c3ccccc3)c3ccccc3)c2)cc1. The first-order valence-corrected chi connectivity index (χ1v) is 36.0. The Morgan fingerprint density at radius 2 is 0.276 bits per heavy atom. The third-order valence-corrected chi connectivity index (χ3v) is 20.3. The summed E-state index contributed by atoms with van der Waals surface area (Å²) in [5.41, 5.74) is 21.6. The Balaban J connectivity index is 0.000000150. The molecule has 0 saturated carbocycles. The second-order valence-electron chi connectivity index (χ2n) is 26.8. The molecule has 0 spiro atoms. The van der Waals surface area contributed by atoms with Crippen LogP contribution in [0.15, 0.2) is 431 Å². The summed E-state index contributed by atoms with van der Waals surface area (Å²) in [5.74, 6) is 0. The fourth-order valence-electron chi connectivity index (χ4n) is 15.5. The van der Waals surface area contributed by atoms with Crippen LogP contribution in [0.4, 0.5) is 51.2 Å². The Morgan fingerprint density at radius 3 is 0.543 bits per heavy atom. The zero-order valence-electron chi connectivity index (χ0n) is 57.8. The molecule has 105 heavy (non-hydrogen) atoms. The van der Waals surface area contributed by atoms with Crippen molar-refractivity contribution in [2.24, 2.45) is 0 Å². The smallest absolute Gasteiger partial charge is 0.0488 e. The van der Waals surface area contributed by atoms with Crippen LogP contribution in [0, 0.1) is 0 Å². The van der Waals surface area contributed by atoms with Crippen LogP contribution in [-0.2, 0) is 0 Å². The zero-order chi connectivity index (χ0) is 69.8. The summed E-state index contributed by atoms with van der Waals surface area (Å²) in [7, 11) is 0. The third-order valence-electron chi connectivity index (χ3n) is 20.3. The molecule has 0 radical (unpaired) electrons. The van der Waals surface area contributed by atoms with E-state index in [1.165, 1.54) is 104 Å². The average molecular weight is 1340 g/mol. The van der Waals surface area contributed by atoms with Gasteiger partial charge in [0.25, 0.3) is 0 Å². The Bertz CT molecular complexity index is 5960. The van der Waals surface area contributed by atoms with Gasteiger partial charge in [-0.1, -0.05) is 291 Å². The molecule has 0 amide bonds. The van der Waals surface area contributed by atoms with Crippen LogP contribution in [0.5, 0.6) is 0 Å². The van der Waals surface area contributed by atoms with Crippen LogP contribution in [0.25, 0.3) is 120 Å². The lowest BCUT2D eigenvalue weighted by atomic mass is 9.90. The van der Waals surface area contributed by atoms with Crippen LogP contribution >= 0.6 is 0 Å². The molecule has 0 atom stereocenters. The topological polar surface area (TPSA) is 9.72 Å². The molecule has 0 aliphatic carbocycles. The van der Waals surface area contributed by atoms with Gasteiger partial charge in [0.15, 0.2) is 0 Å². The van der Waals surface area contributed by atoms with E-state index in [9.17, 15) is 0 Å². The molecule has 0 saturated heterocycles. The number of hydrogen-bond donors (Lipinski definition) is 0. The molecular weight excluding hydrogens is 1270 g/mol. The Kier molecular flexibility index (Phi) is 17.1. The number of benzene rings is 19. The molecule has 0 fully saturated rings. The fraction of sp³-hybridized carbons (Fsp3) is 0. The fourth-order valence-corrected chi connectivity index (χ4v) is 15.5. The molecule has 0 heterocycles. The summed E-state index contributed by atoms with van der Waals surface area (Å²) in [6.07, 6.45) is 0. The standard InChI is InChI=1S/C54H37N.C48H34N2/c1-5-17-38(18-6-1)41-31-42(39-19-7-2-8-20-39)33-43(32-41)45-34-44(35-48(36-45)55(46-21-9-3-10-22-46)47-23-11-4-12-24-47)40-29-30-53-51-27-14-13-25-49(51)50-26-15-16-28-52(50)54(53)37-40;1-5-17-37(18-6-1)49(38-19-7-2-8-20-38)41-31-36(32-42(34-41)50(39-21-9-3-10-22-39)40-23-11-4-12-24-40)35-29-30-47-45-27-14-13-25-43(45)44-26-15-16-28-46(44)48(47)33-35/h1-37H;1-34H. The first-order valence-electron chi connectivity index (χ1n) is 36.0. The normalized spacial score (nSPS) is 11.2. The van der Waals surface area contributed by atoms with Gasteiger partial charge in [-0.15, -0.1) is 0 Å². The minimum Gasteiger partial charge on any atom is -0.310 e. The van der Waals surface area contributed by atoms with E-state index in [4.69, 9.17) is 0 Å². The van der Waals surface area contributed by atoms with Gasteiger partial charge < -0.3 is 14.7 Å². The molecule has 3 heteroatoms. The molecule has 0 bridgehead atoms. The number of nitrogens with zero attached hydrogens (tertiary/aromatic N) is 3. The number of fused-ring (bicyclic) bond motifs is 12. The molecular formula is C102H71N3. The van der Waals surface area contributed by atoms with Gasteiger partial charge in [0.2, 0.25) is 0 Å². The van der Waals surface area contributed by atoms with Crippen LogP contribution in [-0.4, -0.2) is 0 Å². The van der Waals surface area contributed by atoms with Crippen molar-refractivity contribution in [2.75, 3.05) is 14.7 Å². The minimum absolute atomic E-state index is 1.08. The maximum Gasteiger partial charge on any atom is 0.0488 e. The quantitative estimate of drug-likeness (QED) is 0.100. The van der Waals surface area contributed by atoms with E-state index in [1.807, 2.05) is 0 Å². The van der Waals surface area contributed by atoms with Gasteiger partial charge in [0.05, 0.1) is 0 Å². The summed E-state index contributed by atoms with van der Waals surface area (Å²) in [5, 5.41) is 15.3. The number of anilines is 9. The predicted molar refractivity (Wildman–Crippen MR) is 449 cm³/mol. The second-order valence-corrected chi connectivity index (χ2v) is 26.8. The third kappa shape index (κ3) is 12.6. The van der Waals surface area contributed by atoms with Crippen molar-refractivity contribution in [1.82, 2.24) is 0 Å². The summed E-state index contributed by atoms with van der Waals surface area (Å²) in [4.78, 5) is 7.08. The highest BCUT2D eigenvalue weighted by molar-refractivity contribution is 6.27. The molecule has 0 unspecified atom stereocenters. The molecule has 19 rings (SSSR count). The van der Waals surface area contributed by atoms with E-state index in [1.54, 1.807) is 0 Å². The lowest BCUT2D eigenvalue weighted by Gasteiger charge is -2.30. The van der Waals surface area contributed by atoms with Crippen molar-refractivity contribution in [3.63, 3.8) is 0 Å². The maximum atomic E-state index is 2.40. The van der Waals surface area contributed by atoms with Gasteiger partial charge in [-0.2, -0.15) is 0 Å². The average Bonchev–Trinajstić information content (AvgIpc) is 0.749. The van der Waals surface area contributed by atoms with E-state index in [0.717, 1.165) is 67.9 Å². The lowest BCUT2D eigenvalue weighted by molar-refractivity contribution is 1.25. The molecule has 19 aromatic rings. The van der Waals surface area contributed by atoms with Gasteiger partial charge >= 0.3 is 0 Å². The van der Waals surface area contributed by atoms with Crippen molar-refractivity contribution in [3.8, 4) is 55.6 Å². The minimum atomic E-state index is 1.08. The van der Waals surface area contributed by atoms with Crippen LogP contribution < -0.4 is 14.7 Å². The van der Waals surface area contributed by atoms with Gasteiger partial charge in [0, 0.05) is 51.2 Å². The summed E-state index contributed by atoms with van der Waals surface area (Å²) >= 11 is 0. The van der Waals surface area contributed by atoms with Gasteiger partial charge in [-0.05, 0) is 260 Å². The largest absolute Gasteiger partial charge is 0.310 e. The maximum absolute atomic E-state index is 2.40. The predicted octanol–water partition coefficient (Wildman–Crippen LogP) is 29.0. The van der Waals surface area contributed by atoms with Crippen LogP contribution in [0.3, 0.4) is 0 Å². The summed E-state index contributed by atoms with van der Waals surface area (Å²) in [6.45, 7) is 0. The summed E-state index contributed by atoms with van der Waals surface area (Å²) in [6, 6.07) is 156. The molecule has 3 nitrogen and oxygen atoms in total. The highest BCUT2D eigenvalue weighted by Gasteiger charge is 2.22. The van der Waals surface area contributed by atoms with Gasteiger partial charge in [0.1, 0.15) is 0 Å². The highest BCUT2D eigenvalue weighted by Crippen LogP contribution is 2.47. The monoisotopic (exact) mass is 1340 g/mol. The second kappa shape index (κ2) is 28.3. The van der Waals surface area contributed by atoms with Crippen molar-refractivity contribution in [3.05, 3.63) is 431 Å².